The van der Waals surface area contributed by atoms with Crippen LogP contribution in [-0.2, 0) is 14.3 Å². The van der Waals surface area contributed by atoms with Crippen molar-refractivity contribution in [3.05, 3.63) is 48.2 Å². The molecule has 3 rings (SSSR count). The molecule has 1 fully saturated rings. The molecule has 164 valence electrons. The fourth-order valence-electron chi connectivity index (χ4n) is 3.26. The molecule has 0 radical (unpaired) electrons. The van der Waals surface area contributed by atoms with Gasteiger partial charge in [0, 0.05) is 38.1 Å². The summed E-state index contributed by atoms with van der Waals surface area (Å²) >= 11 is 0. The van der Waals surface area contributed by atoms with Crippen molar-refractivity contribution < 1.29 is 23.9 Å². The van der Waals surface area contributed by atoms with E-state index in [0.29, 0.717) is 22.8 Å². The summed E-state index contributed by atoms with van der Waals surface area (Å²) < 4.78 is 10.3. The highest BCUT2D eigenvalue weighted by atomic mass is 16.5. The summed E-state index contributed by atoms with van der Waals surface area (Å²) in [6.45, 7) is 1.03. The summed E-state index contributed by atoms with van der Waals surface area (Å²) in [4.78, 5) is 44.6. The average molecular weight is 426 g/mol. The number of methoxy groups -OCH3 is 1. The van der Waals surface area contributed by atoms with E-state index in [1.54, 1.807) is 42.6 Å². The van der Waals surface area contributed by atoms with Crippen molar-refractivity contribution in [1.29, 1.82) is 0 Å². The van der Waals surface area contributed by atoms with E-state index in [4.69, 9.17) is 9.47 Å². The Kier molecular flexibility index (Phi) is 7.42. The average Bonchev–Trinajstić information content (AvgIpc) is 3.32. The van der Waals surface area contributed by atoms with Gasteiger partial charge in [-0.3, -0.25) is 9.59 Å². The molecule has 0 atom stereocenters. The summed E-state index contributed by atoms with van der Waals surface area (Å²) in [5, 5.41) is 2.70. The molecule has 9 nitrogen and oxygen atoms in total. The number of nitrogens with one attached hydrogen (secondary N) is 1. The summed E-state index contributed by atoms with van der Waals surface area (Å²) in [6, 6.07) is 10.2. The number of likely N-dealkylation sites (N-methyl/N-ethyl adjacent to an activating group) is 1. The molecule has 0 saturated carbocycles. The second-order valence-electron chi connectivity index (χ2n) is 7.17. The summed E-state index contributed by atoms with van der Waals surface area (Å²) in [5.74, 6) is -0.293. The van der Waals surface area contributed by atoms with Gasteiger partial charge in [-0.05, 0) is 37.1 Å². The maximum Gasteiger partial charge on any atom is 0.342 e. The summed E-state index contributed by atoms with van der Waals surface area (Å²) in [6.07, 6.45) is 3.72. The quantitative estimate of drug-likeness (QED) is 0.644. The van der Waals surface area contributed by atoms with Crippen molar-refractivity contribution in [3.8, 4) is 5.75 Å². The van der Waals surface area contributed by atoms with Gasteiger partial charge in [0.1, 0.15) is 17.1 Å². The van der Waals surface area contributed by atoms with E-state index in [2.05, 4.69) is 10.3 Å². The minimum absolute atomic E-state index is 0.181. The van der Waals surface area contributed by atoms with Crippen LogP contribution in [0.25, 0.3) is 0 Å². The zero-order chi connectivity index (χ0) is 22.2. The third kappa shape index (κ3) is 5.94. The molecule has 2 heterocycles. The number of hydrogen-bond acceptors (Lipinski definition) is 7. The fraction of sp³-hybridized carbons (Fsp3) is 0.364. The van der Waals surface area contributed by atoms with E-state index in [-0.39, 0.29) is 12.5 Å². The molecule has 1 aromatic heterocycles. The Balaban J connectivity index is 1.51. The first kappa shape index (κ1) is 22.1. The lowest BCUT2D eigenvalue weighted by molar-refractivity contribution is -0.136. The number of aromatic nitrogens is 1. The molecule has 0 spiro atoms. The van der Waals surface area contributed by atoms with Crippen LogP contribution in [0.3, 0.4) is 0 Å². The molecule has 0 unspecified atom stereocenters. The molecular formula is C22H26N4O5. The number of esters is 1. The first-order chi connectivity index (χ1) is 15.0. The van der Waals surface area contributed by atoms with Crippen molar-refractivity contribution in [2.75, 3.05) is 50.6 Å². The van der Waals surface area contributed by atoms with Gasteiger partial charge >= 0.3 is 5.97 Å². The number of rotatable bonds is 8. The minimum atomic E-state index is -0.613. The number of hydrogen-bond donors (Lipinski definition) is 1. The number of anilines is 2. The number of benzene rings is 1. The van der Waals surface area contributed by atoms with Gasteiger partial charge in [-0.15, -0.1) is 0 Å². The summed E-state index contributed by atoms with van der Waals surface area (Å²) in [7, 11) is 3.01. The molecule has 2 aromatic rings. The van der Waals surface area contributed by atoms with Crippen LogP contribution < -0.4 is 15.0 Å². The van der Waals surface area contributed by atoms with Gasteiger partial charge in [-0.1, -0.05) is 6.07 Å². The van der Waals surface area contributed by atoms with Crippen molar-refractivity contribution in [3.63, 3.8) is 0 Å². The largest absolute Gasteiger partial charge is 0.497 e. The highest BCUT2D eigenvalue weighted by Gasteiger charge is 2.23. The lowest BCUT2D eigenvalue weighted by Crippen LogP contribution is -2.37. The number of amides is 2. The SMILES string of the molecule is COc1cccc(NC(=O)CN(C)C(=O)COC(=O)c2cccnc2N2CCCC2)c1. The molecule has 1 aliphatic heterocycles. The lowest BCUT2D eigenvalue weighted by Gasteiger charge is -2.20. The van der Waals surface area contributed by atoms with Gasteiger partial charge in [0.25, 0.3) is 5.91 Å². The van der Waals surface area contributed by atoms with E-state index in [0.717, 1.165) is 25.9 Å². The fourth-order valence-corrected chi connectivity index (χ4v) is 3.26. The molecule has 31 heavy (non-hydrogen) atoms. The van der Waals surface area contributed by atoms with Crippen molar-refractivity contribution in [2.24, 2.45) is 0 Å². The van der Waals surface area contributed by atoms with Crippen LogP contribution in [0.2, 0.25) is 0 Å². The van der Waals surface area contributed by atoms with Gasteiger partial charge in [0.15, 0.2) is 6.61 Å². The number of nitrogens with zero attached hydrogens (tertiary/aromatic N) is 3. The Morgan fingerprint density at radius 2 is 1.94 bits per heavy atom. The van der Waals surface area contributed by atoms with Crippen molar-refractivity contribution in [1.82, 2.24) is 9.88 Å². The van der Waals surface area contributed by atoms with Crippen molar-refractivity contribution >= 4 is 29.3 Å². The van der Waals surface area contributed by atoms with E-state index in [9.17, 15) is 14.4 Å². The molecule has 0 bridgehead atoms. The maximum absolute atomic E-state index is 12.5. The van der Waals surface area contributed by atoms with Gasteiger partial charge in [0.05, 0.1) is 13.7 Å². The standard InChI is InChI=1S/C22H26N4O5/c1-25(14-19(27)24-16-7-5-8-17(13-16)30-2)20(28)15-31-22(29)18-9-6-10-23-21(18)26-11-3-4-12-26/h5-10,13H,3-4,11-12,14-15H2,1-2H3,(H,24,27). The predicted octanol–water partition coefficient (Wildman–Crippen LogP) is 1.94. The van der Waals surface area contributed by atoms with Gasteiger partial charge in [-0.2, -0.15) is 0 Å². The topological polar surface area (TPSA) is 101 Å². The Hall–Kier alpha value is -3.62. The van der Waals surface area contributed by atoms with Crippen LogP contribution in [-0.4, -0.2) is 68.1 Å². The highest BCUT2D eigenvalue weighted by Crippen LogP contribution is 2.22. The van der Waals surface area contributed by atoms with Crippen LogP contribution >= 0.6 is 0 Å². The third-order valence-electron chi connectivity index (χ3n) is 4.90. The zero-order valence-electron chi connectivity index (χ0n) is 17.7. The molecule has 0 aliphatic carbocycles. The Bertz CT molecular complexity index is 943. The monoisotopic (exact) mass is 426 g/mol. The Morgan fingerprint density at radius 3 is 2.68 bits per heavy atom. The molecular weight excluding hydrogens is 400 g/mol. The molecule has 1 saturated heterocycles. The van der Waals surface area contributed by atoms with Gasteiger partial charge in [0.2, 0.25) is 5.91 Å². The minimum Gasteiger partial charge on any atom is -0.497 e. The molecule has 1 aliphatic rings. The van der Waals surface area contributed by atoms with Crippen LogP contribution in [0.15, 0.2) is 42.6 Å². The normalized spacial score (nSPS) is 12.9. The van der Waals surface area contributed by atoms with E-state index < -0.39 is 18.5 Å². The summed E-state index contributed by atoms with van der Waals surface area (Å²) in [5.41, 5.74) is 0.887. The second-order valence-corrected chi connectivity index (χ2v) is 7.17. The third-order valence-corrected chi connectivity index (χ3v) is 4.90. The van der Waals surface area contributed by atoms with Crippen LogP contribution in [0.5, 0.6) is 5.75 Å². The second kappa shape index (κ2) is 10.4. The van der Waals surface area contributed by atoms with E-state index in [1.807, 2.05) is 4.90 Å². The number of carbonyl (C=O) groups is 3. The van der Waals surface area contributed by atoms with Crippen LogP contribution in [0.4, 0.5) is 11.5 Å². The molecule has 2 amide bonds. The van der Waals surface area contributed by atoms with E-state index >= 15 is 0 Å². The van der Waals surface area contributed by atoms with Gasteiger partial charge in [-0.25, -0.2) is 9.78 Å². The number of pyridine rings is 1. The van der Waals surface area contributed by atoms with E-state index in [1.165, 1.54) is 19.1 Å². The smallest absolute Gasteiger partial charge is 0.342 e. The maximum atomic E-state index is 12.5. The lowest BCUT2D eigenvalue weighted by atomic mass is 10.2. The van der Waals surface area contributed by atoms with Crippen LogP contribution in [0.1, 0.15) is 23.2 Å². The predicted molar refractivity (Wildman–Crippen MR) is 115 cm³/mol. The first-order valence-corrected chi connectivity index (χ1v) is 10.0. The Labute approximate surface area is 180 Å². The number of ether oxygens (including phenoxy) is 2. The first-order valence-electron chi connectivity index (χ1n) is 10.0. The molecule has 1 aromatic carbocycles. The Morgan fingerprint density at radius 1 is 1.16 bits per heavy atom. The highest BCUT2D eigenvalue weighted by molar-refractivity contribution is 5.97. The van der Waals surface area contributed by atoms with Gasteiger partial charge < -0.3 is 24.6 Å². The zero-order valence-corrected chi connectivity index (χ0v) is 17.7. The number of carbonyl (C=O) groups excluding carboxylic acids is 3. The molecule has 1 N–H and O–H groups in total. The van der Waals surface area contributed by atoms with Crippen LogP contribution in [0, 0.1) is 0 Å². The van der Waals surface area contributed by atoms with Crippen molar-refractivity contribution in [2.45, 2.75) is 12.8 Å². The molecule has 9 heteroatoms.